The van der Waals surface area contributed by atoms with Crippen molar-refractivity contribution in [2.24, 2.45) is 17.1 Å². The Kier molecular flexibility index (Phi) is 6.96. The summed E-state index contributed by atoms with van der Waals surface area (Å²) in [5.74, 6) is 0.702. The van der Waals surface area contributed by atoms with Crippen molar-refractivity contribution >= 4 is 5.91 Å². The minimum absolute atomic E-state index is 0.0633. The van der Waals surface area contributed by atoms with Gasteiger partial charge in [0.05, 0.1) is 0 Å². The Morgan fingerprint density at radius 3 is 2.30 bits per heavy atom. The van der Waals surface area contributed by atoms with E-state index < -0.39 is 0 Å². The van der Waals surface area contributed by atoms with Crippen molar-refractivity contribution in [2.75, 3.05) is 27.2 Å². The Bertz CT molecular complexity index is 288. The summed E-state index contributed by atoms with van der Waals surface area (Å²) >= 11 is 0. The standard InChI is InChI=1S/C16H33N3O/c1-13(2)14(19(3)4)11-18-15(20)10-16(12-17)8-6-5-7-9-16/h13-14H,5-12,17H2,1-4H3,(H,18,20). The smallest absolute Gasteiger partial charge is 0.220 e. The maximum atomic E-state index is 12.2. The van der Waals surface area contributed by atoms with E-state index in [2.05, 4.69) is 38.2 Å². The van der Waals surface area contributed by atoms with Crippen LogP contribution in [0.3, 0.4) is 0 Å². The summed E-state index contributed by atoms with van der Waals surface area (Å²) in [6.45, 7) is 5.75. The molecular weight excluding hydrogens is 250 g/mol. The lowest BCUT2D eigenvalue weighted by Crippen LogP contribution is -2.45. The summed E-state index contributed by atoms with van der Waals surface area (Å²) in [6.07, 6.45) is 6.55. The van der Waals surface area contributed by atoms with Crippen molar-refractivity contribution in [1.82, 2.24) is 10.2 Å². The Balaban J connectivity index is 2.46. The third-order valence-corrected chi connectivity index (χ3v) is 4.82. The molecule has 3 N–H and O–H groups in total. The SMILES string of the molecule is CC(C)C(CNC(=O)CC1(CN)CCCCC1)N(C)C. The number of carbonyl (C=O) groups is 1. The Morgan fingerprint density at radius 1 is 1.25 bits per heavy atom. The zero-order chi connectivity index (χ0) is 15.2. The normalized spacial score (nSPS) is 20.1. The van der Waals surface area contributed by atoms with Gasteiger partial charge in [-0.25, -0.2) is 0 Å². The molecule has 4 nitrogen and oxygen atoms in total. The Morgan fingerprint density at radius 2 is 1.85 bits per heavy atom. The first-order chi connectivity index (χ1) is 9.40. The fourth-order valence-corrected chi connectivity index (χ4v) is 3.39. The van der Waals surface area contributed by atoms with Gasteiger partial charge in [0.15, 0.2) is 0 Å². The van der Waals surface area contributed by atoms with Gasteiger partial charge in [-0.2, -0.15) is 0 Å². The van der Waals surface area contributed by atoms with E-state index in [-0.39, 0.29) is 11.3 Å². The highest BCUT2D eigenvalue weighted by atomic mass is 16.1. The summed E-state index contributed by atoms with van der Waals surface area (Å²) in [4.78, 5) is 14.4. The van der Waals surface area contributed by atoms with Gasteiger partial charge in [-0.15, -0.1) is 0 Å². The van der Waals surface area contributed by atoms with Crippen molar-refractivity contribution in [3.8, 4) is 0 Å². The van der Waals surface area contributed by atoms with Gasteiger partial charge in [-0.3, -0.25) is 4.79 Å². The molecule has 1 fully saturated rings. The molecule has 0 saturated heterocycles. The van der Waals surface area contributed by atoms with Crippen LogP contribution in [0.4, 0.5) is 0 Å². The summed E-state index contributed by atoms with van der Waals surface area (Å²) in [5.41, 5.74) is 6.01. The van der Waals surface area contributed by atoms with Gasteiger partial charge in [0.2, 0.25) is 5.91 Å². The molecule has 1 atom stereocenters. The molecular formula is C16H33N3O. The predicted octanol–water partition coefficient (Wildman–Crippen LogP) is 1.99. The number of rotatable bonds is 7. The van der Waals surface area contributed by atoms with E-state index in [0.717, 1.165) is 19.4 Å². The van der Waals surface area contributed by atoms with Crippen molar-refractivity contribution in [3.63, 3.8) is 0 Å². The number of nitrogens with two attached hydrogens (primary N) is 1. The third kappa shape index (κ3) is 5.06. The second-order valence-corrected chi connectivity index (χ2v) is 7.02. The molecule has 4 heteroatoms. The number of nitrogens with one attached hydrogen (secondary N) is 1. The van der Waals surface area contributed by atoms with Crippen LogP contribution in [0.2, 0.25) is 0 Å². The van der Waals surface area contributed by atoms with E-state index in [1.165, 1.54) is 19.3 Å². The molecule has 118 valence electrons. The van der Waals surface area contributed by atoms with Crippen molar-refractivity contribution in [1.29, 1.82) is 0 Å². The second kappa shape index (κ2) is 7.99. The molecule has 0 aromatic rings. The third-order valence-electron chi connectivity index (χ3n) is 4.82. The number of likely N-dealkylation sites (N-methyl/N-ethyl adjacent to an activating group) is 1. The molecule has 1 aliphatic rings. The monoisotopic (exact) mass is 283 g/mol. The molecule has 1 rings (SSSR count). The molecule has 0 spiro atoms. The van der Waals surface area contributed by atoms with Crippen molar-refractivity contribution < 1.29 is 4.79 Å². The number of hydrogen-bond donors (Lipinski definition) is 2. The number of amides is 1. The largest absolute Gasteiger partial charge is 0.355 e. The Labute approximate surface area is 124 Å². The second-order valence-electron chi connectivity index (χ2n) is 7.02. The van der Waals surface area contributed by atoms with Gasteiger partial charge in [0.1, 0.15) is 0 Å². The van der Waals surface area contributed by atoms with Crippen LogP contribution in [0.5, 0.6) is 0 Å². The van der Waals surface area contributed by atoms with Gasteiger partial charge in [-0.1, -0.05) is 33.1 Å². The Hall–Kier alpha value is -0.610. The van der Waals surface area contributed by atoms with Crippen LogP contribution >= 0.6 is 0 Å². The highest BCUT2D eigenvalue weighted by Gasteiger charge is 2.33. The van der Waals surface area contributed by atoms with Crippen LogP contribution in [0.25, 0.3) is 0 Å². The number of carbonyl (C=O) groups excluding carboxylic acids is 1. The fourth-order valence-electron chi connectivity index (χ4n) is 3.39. The zero-order valence-electron chi connectivity index (χ0n) is 13.7. The van der Waals surface area contributed by atoms with Crippen molar-refractivity contribution in [3.05, 3.63) is 0 Å². The molecule has 0 radical (unpaired) electrons. The van der Waals surface area contributed by atoms with Gasteiger partial charge in [0.25, 0.3) is 0 Å². The van der Waals surface area contributed by atoms with E-state index in [4.69, 9.17) is 5.73 Å². The zero-order valence-corrected chi connectivity index (χ0v) is 13.7. The summed E-state index contributed by atoms with van der Waals surface area (Å²) in [7, 11) is 4.14. The molecule has 0 aromatic carbocycles. The van der Waals surface area contributed by atoms with Crippen LogP contribution in [-0.2, 0) is 4.79 Å². The van der Waals surface area contributed by atoms with Gasteiger partial charge < -0.3 is 16.0 Å². The number of nitrogens with zero attached hydrogens (tertiary/aromatic N) is 1. The topological polar surface area (TPSA) is 58.4 Å². The highest BCUT2D eigenvalue weighted by Crippen LogP contribution is 2.38. The maximum Gasteiger partial charge on any atom is 0.220 e. The maximum absolute atomic E-state index is 12.2. The fraction of sp³-hybridized carbons (Fsp3) is 0.938. The summed E-state index contributed by atoms with van der Waals surface area (Å²) < 4.78 is 0. The van der Waals surface area contributed by atoms with Gasteiger partial charge in [0, 0.05) is 19.0 Å². The van der Waals surface area contributed by atoms with E-state index in [9.17, 15) is 4.79 Å². The molecule has 1 unspecified atom stereocenters. The first-order valence-electron chi connectivity index (χ1n) is 8.03. The van der Waals surface area contributed by atoms with E-state index >= 15 is 0 Å². The molecule has 1 aliphatic carbocycles. The van der Waals surface area contributed by atoms with Crippen LogP contribution in [0.15, 0.2) is 0 Å². The van der Waals surface area contributed by atoms with Crippen molar-refractivity contribution in [2.45, 2.75) is 58.4 Å². The van der Waals surface area contributed by atoms with Crippen LogP contribution in [0, 0.1) is 11.3 Å². The lowest BCUT2D eigenvalue weighted by molar-refractivity contribution is -0.124. The molecule has 0 heterocycles. The van der Waals surface area contributed by atoms with Crippen LogP contribution < -0.4 is 11.1 Å². The lowest BCUT2D eigenvalue weighted by Gasteiger charge is -2.36. The first kappa shape index (κ1) is 17.4. The number of hydrogen-bond acceptors (Lipinski definition) is 3. The molecule has 0 aromatic heterocycles. The first-order valence-corrected chi connectivity index (χ1v) is 8.03. The average molecular weight is 283 g/mol. The quantitative estimate of drug-likeness (QED) is 0.751. The van der Waals surface area contributed by atoms with E-state index in [1.54, 1.807) is 0 Å². The van der Waals surface area contributed by atoms with Gasteiger partial charge in [-0.05, 0) is 44.8 Å². The summed E-state index contributed by atoms with van der Waals surface area (Å²) in [6, 6.07) is 0.388. The molecule has 0 aliphatic heterocycles. The minimum atomic E-state index is 0.0633. The average Bonchev–Trinajstić information content (AvgIpc) is 2.39. The van der Waals surface area contributed by atoms with Gasteiger partial charge >= 0.3 is 0 Å². The molecule has 1 saturated carbocycles. The predicted molar refractivity (Wildman–Crippen MR) is 84.5 cm³/mol. The molecule has 1 amide bonds. The minimum Gasteiger partial charge on any atom is -0.355 e. The lowest BCUT2D eigenvalue weighted by atomic mass is 9.71. The van der Waals surface area contributed by atoms with Crippen LogP contribution in [0.1, 0.15) is 52.4 Å². The molecule has 20 heavy (non-hydrogen) atoms. The highest BCUT2D eigenvalue weighted by molar-refractivity contribution is 5.76. The summed E-state index contributed by atoms with van der Waals surface area (Å²) in [5, 5.41) is 3.12. The molecule has 0 bridgehead atoms. The van der Waals surface area contributed by atoms with E-state index in [1.807, 2.05) is 0 Å². The van der Waals surface area contributed by atoms with E-state index in [0.29, 0.717) is 24.9 Å². The van der Waals surface area contributed by atoms with Crippen LogP contribution in [-0.4, -0.2) is 44.0 Å².